The van der Waals surface area contributed by atoms with E-state index in [9.17, 15) is 28.5 Å². The van der Waals surface area contributed by atoms with E-state index in [1.54, 1.807) is 0 Å². The summed E-state index contributed by atoms with van der Waals surface area (Å²) in [5.74, 6) is -0.476. The molecule has 42 heavy (non-hydrogen) atoms. The molecule has 0 aromatic rings. The van der Waals surface area contributed by atoms with Gasteiger partial charge >= 0.3 is 16.4 Å². The topological polar surface area (TPSA) is 178 Å². The van der Waals surface area contributed by atoms with Crippen LogP contribution in [-0.2, 0) is 38.3 Å². The summed E-state index contributed by atoms with van der Waals surface area (Å²) in [5.41, 5.74) is 0. The van der Waals surface area contributed by atoms with Crippen molar-refractivity contribution in [1.29, 1.82) is 0 Å². The van der Waals surface area contributed by atoms with Crippen LogP contribution in [0.4, 0.5) is 0 Å². The van der Waals surface area contributed by atoms with Crippen LogP contribution >= 0.6 is 0 Å². The number of allylic oxidation sites excluding steroid dienone is 8. The third-order valence-electron chi connectivity index (χ3n) is 5.94. The van der Waals surface area contributed by atoms with Crippen LogP contribution in [0.5, 0.6) is 0 Å². The summed E-state index contributed by atoms with van der Waals surface area (Å²) in [6.07, 6.45) is 13.7. The SMILES string of the molecule is CC/C=C\C/C=C\C/C=C\C/C=C\CCCOCC(COC1OC(CO)C(O)C(OS(=O)(=O)O)C1O)OC(=O)CCC. The molecule has 12 nitrogen and oxygen atoms in total. The maximum Gasteiger partial charge on any atom is 0.397 e. The average molecular weight is 621 g/mol. The maximum absolute atomic E-state index is 12.1. The summed E-state index contributed by atoms with van der Waals surface area (Å²) in [5, 5.41) is 30.0. The van der Waals surface area contributed by atoms with Gasteiger partial charge in [-0.15, -0.1) is 0 Å². The van der Waals surface area contributed by atoms with Gasteiger partial charge in [0.1, 0.15) is 30.5 Å². The molecule has 1 aliphatic rings. The van der Waals surface area contributed by atoms with Crippen molar-refractivity contribution in [3.05, 3.63) is 48.6 Å². The molecule has 1 saturated heterocycles. The van der Waals surface area contributed by atoms with Crippen LogP contribution < -0.4 is 0 Å². The highest BCUT2D eigenvalue weighted by Crippen LogP contribution is 2.25. The summed E-state index contributed by atoms with van der Waals surface area (Å²) >= 11 is 0. The van der Waals surface area contributed by atoms with Crippen LogP contribution in [0.2, 0.25) is 0 Å². The Hall–Kier alpha value is -1.94. The molecule has 1 rings (SSSR count). The number of esters is 1. The minimum atomic E-state index is -5.05. The molecule has 0 aliphatic carbocycles. The number of rotatable bonds is 22. The second kappa shape index (κ2) is 22.6. The van der Waals surface area contributed by atoms with Crippen molar-refractivity contribution in [3.63, 3.8) is 0 Å². The molecule has 0 amide bonds. The molecular formula is C29H48O12S. The molecule has 1 heterocycles. The lowest BCUT2D eigenvalue weighted by Gasteiger charge is -2.41. The van der Waals surface area contributed by atoms with Gasteiger partial charge in [0, 0.05) is 13.0 Å². The molecule has 1 fully saturated rings. The molecule has 6 atom stereocenters. The van der Waals surface area contributed by atoms with E-state index in [1.165, 1.54) is 0 Å². The fourth-order valence-corrected chi connectivity index (χ4v) is 4.34. The lowest BCUT2D eigenvalue weighted by atomic mass is 9.99. The zero-order valence-corrected chi connectivity index (χ0v) is 25.3. The molecule has 0 aromatic heterocycles. The van der Waals surface area contributed by atoms with Crippen molar-refractivity contribution in [2.45, 2.75) is 102 Å². The molecule has 0 aromatic carbocycles. The highest BCUT2D eigenvalue weighted by atomic mass is 32.3. The van der Waals surface area contributed by atoms with Gasteiger partial charge in [0.25, 0.3) is 0 Å². The van der Waals surface area contributed by atoms with Crippen molar-refractivity contribution in [2.75, 3.05) is 26.4 Å². The van der Waals surface area contributed by atoms with Gasteiger partial charge in [-0.2, -0.15) is 8.42 Å². The normalized spacial score (nSPS) is 24.4. The van der Waals surface area contributed by atoms with Crippen molar-refractivity contribution in [1.82, 2.24) is 0 Å². The Morgan fingerprint density at radius 2 is 1.55 bits per heavy atom. The third-order valence-corrected chi connectivity index (χ3v) is 6.40. The van der Waals surface area contributed by atoms with Crippen molar-refractivity contribution < 1.29 is 56.2 Å². The smallest absolute Gasteiger partial charge is 0.397 e. The number of carbonyl (C=O) groups excluding carboxylic acids is 1. The first-order valence-electron chi connectivity index (χ1n) is 14.4. The molecule has 0 saturated carbocycles. The number of hydrogen-bond donors (Lipinski definition) is 4. The molecule has 0 bridgehead atoms. The molecule has 242 valence electrons. The number of unbranched alkanes of at least 4 members (excludes halogenated alkanes) is 1. The van der Waals surface area contributed by atoms with E-state index in [0.29, 0.717) is 13.0 Å². The van der Waals surface area contributed by atoms with Crippen molar-refractivity contribution in [2.24, 2.45) is 0 Å². The van der Waals surface area contributed by atoms with Gasteiger partial charge in [-0.05, 0) is 44.9 Å². The monoisotopic (exact) mass is 620 g/mol. The van der Waals surface area contributed by atoms with Gasteiger partial charge in [-0.3, -0.25) is 9.35 Å². The minimum absolute atomic E-state index is 0.0104. The summed E-state index contributed by atoms with van der Waals surface area (Å²) in [4.78, 5) is 12.1. The Morgan fingerprint density at radius 1 is 0.929 bits per heavy atom. The largest absolute Gasteiger partial charge is 0.457 e. The zero-order chi connectivity index (χ0) is 31.2. The Kier molecular flexibility index (Phi) is 20.5. The lowest BCUT2D eigenvalue weighted by molar-refractivity contribution is -0.301. The van der Waals surface area contributed by atoms with Crippen LogP contribution in [0.1, 0.15) is 65.2 Å². The molecule has 4 N–H and O–H groups in total. The van der Waals surface area contributed by atoms with Crippen LogP contribution in [0.3, 0.4) is 0 Å². The molecule has 1 aliphatic heterocycles. The van der Waals surface area contributed by atoms with Crippen LogP contribution in [0, 0.1) is 0 Å². The average Bonchev–Trinajstić information content (AvgIpc) is 2.94. The standard InChI is InChI=1S/C29H48O12S/c1-3-5-6-7-8-9-10-11-12-13-14-15-16-17-19-37-21-23(39-25(31)18-4-2)22-38-29-27(33)28(41-42(34,35)36)26(32)24(20-30)40-29/h5-6,8-9,11-12,14-15,23-24,26-30,32-33H,3-4,7,10,13,16-22H2,1-2H3,(H,34,35,36)/b6-5-,9-8-,12-11-,15-14-. The van der Waals surface area contributed by atoms with Gasteiger partial charge in [-0.25, -0.2) is 4.18 Å². The number of carbonyl (C=O) groups is 1. The quantitative estimate of drug-likeness (QED) is 0.0603. The molecule has 0 radical (unpaired) electrons. The fraction of sp³-hybridized carbons (Fsp3) is 0.690. The van der Waals surface area contributed by atoms with Crippen molar-refractivity contribution >= 4 is 16.4 Å². The van der Waals surface area contributed by atoms with E-state index in [0.717, 1.165) is 38.5 Å². The number of hydrogen-bond acceptors (Lipinski definition) is 11. The minimum Gasteiger partial charge on any atom is -0.457 e. The van der Waals surface area contributed by atoms with Crippen LogP contribution in [0.25, 0.3) is 0 Å². The van der Waals surface area contributed by atoms with Gasteiger partial charge in [0.2, 0.25) is 0 Å². The fourth-order valence-electron chi connectivity index (χ4n) is 3.83. The van der Waals surface area contributed by atoms with Crippen LogP contribution in [0.15, 0.2) is 48.6 Å². The van der Waals surface area contributed by atoms with E-state index in [4.69, 9.17) is 23.5 Å². The first kappa shape index (κ1) is 38.1. The van der Waals surface area contributed by atoms with Gasteiger partial charge in [0.15, 0.2) is 6.29 Å². The van der Waals surface area contributed by atoms with E-state index < -0.39 is 59.8 Å². The van der Waals surface area contributed by atoms with Gasteiger partial charge in [-0.1, -0.05) is 62.5 Å². The van der Waals surface area contributed by atoms with Gasteiger partial charge < -0.3 is 34.3 Å². The van der Waals surface area contributed by atoms with Gasteiger partial charge in [0.05, 0.1) is 19.8 Å². The summed E-state index contributed by atoms with van der Waals surface area (Å²) in [6.45, 7) is 3.26. The highest BCUT2D eigenvalue weighted by molar-refractivity contribution is 7.80. The Morgan fingerprint density at radius 3 is 2.12 bits per heavy atom. The van der Waals surface area contributed by atoms with E-state index in [-0.39, 0.29) is 19.6 Å². The first-order chi connectivity index (χ1) is 20.1. The Labute approximate surface area is 249 Å². The molecular weight excluding hydrogens is 572 g/mol. The molecule has 13 heteroatoms. The third kappa shape index (κ3) is 17.2. The lowest BCUT2D eigenvalue weighted by Crippen LogP contribution is -2.60. The molecule has 6 unspecified atom stereocenters. The number of aliphatic hydroxyl groups excluding tert-OH is 3. The second-order valence-electron chi connectivity index (χ2n) is 9.61. The van der Waals surface area contributed by atoms with E-state index >= 15 is 0 Å². The predicted molar refractivity (Wildman–Crippen MR) is 156 cm³/mol. The Balaban J connectivity index is 2.48. The first-order valence-corrected chi connectivity index (χ1v) is 15.8. The van der Waals surface area contributed by atoms with Crippen molar-refractivity contribution in [3.8, 4) is 0 Å². The van der Waals surface area contributed by atoms with E-state index in [1.807, 2.05) is 6.92 Å². The van der Waals surface area contributed by atoms with Crippen LogP contribution in [-0.4, -0.2) is 97.5 Å². The Bertz CT molecular complexity index is 946. The van der Waals surface area contributed by atoms with E-state index in [2.05, 4.69) is 59.7 Å². The summed E-state index contributed by atoms with van der Waals surface area (Å²) in [6, 6.07) is 0. The highest BCUT2D eigenvalue weighted by Gasteiger charge is 2.48. The summed E-state index contributed by atoms with van der Waals surface area (Å²) in [7, 11) is -5.05. The summed E-state index contributed by atoms with van der Waals surface area (Å²) < 4.78 is 57.5. The number of ether oxygens (including phenoxy) is 4. The predicted octanol–water partition coefficient (Wildman–Crippen LogP) is 2.94. The zero-order valence-electron chi connectivity index (χ0n) is 24.5. The maximum atomic E-state index is 12.1. The molecule has 0 spiro atoms. The number of aliphatic hydroxyl groups is 3. The second-order valence-corrected chi connectivity index (χ2v) is 10.7.